The molecule has 0 amide bonds. The van der Waals surface area contributed by atoms with E-state index in [1.54, 1.807) is 40.3 Å². The van der Waals surface area contributed by atoms with Crippen LogP contribution in [-0.2, 0) is 4.79 Å². The Balaban J connectivity index is 1.67. The molecule has 1 aliphatic heterocycles. The van der Waals surface area contributed by atoms with Crippen LogP contribution in [0, 0.1) is 0 Å². The summed E-state index contributed by atoms with van der Waals surface area (Å²) >= 11 is 1.65. The SMILES string of the molecule is O=C1C[C@@H](c2cccs2)CC2=C1[C@H](c1ccccc1C(=O)O)n1ncnc1N2. The molecule has 3 aromatic rings. The van der Waals surface area contributed by atoms with Crippen LogP contribution in [0.15, 0.2) is 59.4 Å². The maximum Gasteiger partial charge on any atom is 0.336 e. The third kappa shape index (κ3) is 2.56. The number of Topliss-reactive ketones (excluding diaryl/α,β-unsaturated/α-hetero) is 1. The van der Waals surface area contributed by atoms with Crippen molar-refractivity contribution >= 4 is 29.0 Å². The average Bonchev–Trinajstić information content (AvgIpc) is 3.38. The molecule has 7 nitrogen and oxygen atoms in total. The molecule has 8 heteroatoms. The van der Waals surface area contributed by atoms with Gasteiger partial charge >= 0.3 is 5.97 Å². The van der Waals surface area contributed by atoms with Crippen LogP contribution in [-0.4, -0.2) is 31.6 Å². The van der Waals surface area contributed by atoms with Gasteiger partial charge in [-0.05, 0) is 29.5 Å². The Morgan fingerprint density at radius 3 is 2.86 bits per heavy atom. The monoisotopic (exact) mass is 392 g/mol. The minimum Gasteiger partial charge on any atom is -0.478 e. The quantitative estimate of drug-likeness (QED) is 0.709. The molecule has 0 saturated heterocycles. The summed E-state index contributed by atoms with van der Waals surface area (Å²) in [5.74, 6) is -0.386. The molecule has 5 rings (SSSR count). The van der Waals surface area contributed by atoms with Gasteiger partial charge in [-0.3, -0.25) is 4.79 Å². The molecule has 2 N–H and O–H groups in total. The van der Waals surface area contributed by atoms with Crippen molar-refractivity contribution in [3.05, 3.63) is 75.4 Å². The van der Waals surface area contributed by atoms with Crippen LogP contribution in [0.25, 0.3) is 0 Å². The number of ketones is 1. The van der Waals surface area contributed by atoms with E-state index in [-0.39, 0.29) is 17.3 Å². The Bertz CT molecular complexity index is 1120. The van der Waals surface area contributed by atoms with Gasteiger partial charge in [-0.25, -0.2) is 9.48 Å². The zero-order chi connectivity index (χ0) is 19.3. The topological polar surface area (TPSA) is 97.1 Å². The molecule has 0 bridgehead atoms. The predicted molar refractivity (Wildman–Crippen MR) is 104 cm³/mol. The van der Waals surface area contributed by atoms with E-state index >= 15 is 0 Å². The number of fused-ring (bicyclic) bond motifs is 1. The molecule has 1 aromatic carbocycles. The van der Waals surface area contributed by atoms with Crippen molar-refractivity contribution in [2.24, 2.45) is 0 Å². The molecule has 0 unspecified atom stereocenters. The molecule has 1 aliphatic carbocycles. The number of hydrogen-bond acceptors (Lipinski definition) is 6. The number of carbonyl (C=O) groups excluding carboxylic acids is 1. The molecular weight excluding hydrogens is 376 g/mol. The number of allylic oxidation sites excluding steroid dienone is 2. The lowest BCUT2D eigenvalue weighted by Gasteiger charge is -2.35. The highest BCUT2D eigenvalue weighted by Crippen LogP contribution is 2.45. The molecule has 0 saturated carbocycles. The van der Waals surface area contributed by atoms with E-state index in [4.69, 9.17) is 0 Å². The maximum absolute atomic E-state index is 13.2. The molecule has 28 heavy (non-hydrogen) atoms. The molecular formula is C20H16N4O3S. The Morgan fingerprint density at radius 1 is 1.21 bits per heavy atom. The number of hydrogen-bond donors (Lipinski definition) is 2. The van der Waals surface area contributed by atoms with Gasteiger partial charge in [-0.1, -0.05) is 24.3 Å². The Morgan fingerprint density at radius 2 is 2.07 bits per heavy atom. The standard InChI is InChI=1S/C20H16N4O3S/c25-15-9-11(16-6-3-7-28-16)8-14-17(15)18(24-20(23-14)21-10-22-24)12-4-1-2-5-13(12)19(26)27/h1-7,10-11,18H,8-9H2,(H,26,27)(H,21,22,23)/t11-,18-/m0/s1. The van der Waals surface area contributed by atoms with Gasteiger partial charge in [-0.15, -0.1) is 11.3 Å². The van der Waals surface area contributed by atoms with Crippen LogP contribution in [0.4, 0.5) is 5.95 Å². The van der Waals surface area contributed by atoms with Gasteiger partial charge in [0.05, 0.1) is 5.56 Å². The highest BCUT2D eigenvalue weighted by molar-refractivity contribution is 7.10. The summed E-state index contributed by atoms with van der Waals surface area (Å²) in [5, 5.41) is 19.2. The van der Waals surface area contributed by atoms with E-state index in [1.165, 1.54) is 11.2 Å². The number of nitrogens with one attached hydrogen (secondary N) is 1. The minimum atomic E-state index is -1.03. The van der Waals surface area contributed by atoms with E-state index in [9.17, 15) is 14.7 Å². The summed E-state index contributed by atoms with van der Waals surface area (Å²) in [4.78, 5) is 30.5. The van der Waals surface area contributed by atoms with Gasteiger partial charge in [0.25, 0.3) is 0 Å². The van der Waals surface area contributed by atoms with Crippen molar-refractivity contribution in [3.63, 3.8) is 0 Å². The fourth-order valence-corrected chi connectivity index (χ4v) is 4.92. The number of carboxylic acid groups (broad SMARTS) is 1. The summed E-state index contributed by atoms with van der Waals surface area (Å²) in [5.41, 5.74) is 2.09. The molecule has 2 atom stereocenters. The van der Waals surface area contributed by atoms with Gasteiger partial charge in [-0.2, -0.15) is 10.1 Å². The van der Waals surface area contributed by atoms with Crippen LogP contribution >= 0.6 is 11.3 Å². The fourth-order valence-electron chi connectivity index (χ4n) is 4.09. The summed E-state index contributed by atoms with van der Waals surface area (Å²) < 4.78 is 1.60. The zero-order valence-corrected chi connectivity index (χ0v) is 15.5. The summed E-state index contributed by atoms with van der Waals surface area (Å²) in [6.07, 6.45) is 2.50. The number of aromatic nitrogens is 3. The summed E-state index contributed by atoms with van der Waals surface area (Å²) in [6.45, 7) is 0. The predicted octanol–water partition coefficient (Wildman–Crippen LogP) is 3.45. The first-order valence-corrected chi connectivity index (χ1v) is 9.80. The fraction of sp³-hybridized carbons (Fsp3) is 0.200. The molecule has 0 spiro atoms. The highest BCUT2D eigenvalue weighted by Gasteiger charge is 2.40. The van der Waals surface area contributed by atoms with E-state index in [2.05, 4.69) is 21.5 Å². The number of carbonyl (C=O) groups is 2. The Labute approximate surface area is 164 Å². The first-order chi connectivity index (χ1) is 13.6. The second-order valence-electron chi connectivity index (χ2n) is 6.88. The van der Waals surface area contributed by atoms with Crippen molar-refractivity contribution in [3.8, 4) is 0 Å². The van der Waals surface area contributed by atoms with Crippen molar-refractivity contribution < 1.29 is 14.7 Å². The first kappa shape index (κ1) is 16.9. The first-order valence-electron chi connectivity index (χ1n) is 8.92. The number of rotatable bonds is 3. The van der Waals surface area contributed by atoms with Gasteiger partial charge in [0.1, 0.15) is 12.4 Å². The lowest BCUT2D eigenvalue weighted by Crippen LogP contribution is -2.34. The lowest BCUT2D eigenvalue weighted by atomic mass is 9.79. The number of nitrogens with zero attached hydrogens (tertiary/aromatic N) is 3. The van der Waals surface area contributed by atoms with Crippen molar-refractivity contribution in [2.45, 2.75) is 24.8 Å². The van der Waals surface area contributed by atoms with Crippen LogP contribution in [0.1, 0.15) is 45.6 Å². The molecule has 2 aromatic heterocycles. The second kappa shape index (κ2) is 6.42. The van der Waals surface area contributed by atoms with Gasteiger partial charge in [0, 0.05) is 28.5 Å². The molecule has 2 aliphatic rings. The van der Waals surface area contributed by atoms with Gasteiger partial charge < -0.3 is 10.4 Å². The maximum atomic E-state index is 13.2. The molecule has 140 valence electrons. The van der Waals surface area contributed by atoms with E-state index in [0.717, 1.165) is 5.70 Å². The van der Waals surface area contributed by atoms with Crippen LogP contribution < -0.4 is 5.32 Å². The lowest BCUT2D eigenvalue weighted by molar-refractivity contribution is -0.116. The third-order valence-electron chi connectivity index (χ3n) is 5.29. The third-order valence-corrected chi connectivity index (χ3v) is 6.33. The molecule has 0 radical (unpaired) electrons. The van der Waals surface area contributed by atoms with E-state index < -0.39 is 12.0 Å². The average molecular weight is 392 g/mol. The van der Waals surface area contributed by atoms with Crippen molar-refractivity contribution in [2.75, 3.05) is 5.32 Å². The zero-order valence-electron chi connectivity index (χ0n) is 14.7. The highest BCUT2D eigenvalue weighted by atomic mass is 32.1. The van der Waals surface area contributed by atoms with Crippen molar-refractivity contribution in [1.82, 2.24) is 14.8 Å². The number of aromatic carboxylic acids is 1. The van der Waals surface area contributed by atoms with Gasteiger partial charge in [0.15, 0.2) is 5.78 Å². The Hall–Kier alpha value is -3.26. The summed E-state index contributed by atoms with van der Waals surface area (Å²) in [6, 6.07) is 10.2. The Kier molecular flexibility index (Phi) is 3.87. The molecule has 0 fully saturated rings. The largest absolute Gasteiger partial charge is 0.478 e. The van der Waals surface area contributed by atoms with E-state index in [1.807, 2.05) is 11.4 Å². The van der Waals surface area contributed by atoms with Crippen LogP contribution in [0.2, 0.25) is 0 Å². The minimum absolute atomic E-state index is 0.0125. The van der Waals surface area contributed by atoms with Crippen molar-refractivity contribution in [1.29, 1.82) is 0 Å². The van der Waals surface area contributed by atoms with E-state index in [0.29, 0.717) is 29.9 Å². The van der Waals surface area contributed by atoms with Crippen LogP contribution in [0.3, 0.4) is 0 Å². The summed E-state index contributed by atoms with van der Waals surface area (Å²) in [7, 11) is 0. The second-order valence-corrected chi connectivity index (χ2v) is 7.86. The number of benzene rings is 1. The number of carboxylic acids is 1. The van der Waals surface area contributed by atoms with Crippen LogP contribution in [0.5, 0.6) is 0 Å². The molecule has 3 heterocycles. The normalized spacial score (nSPS) is 21.1. The smallest absolute Gasteiger partial charge is 0.336 e. The number of thiophene rings is 1. The number of anilines is 1. The van der Waals surface area contributed by atoms with Gasteiger partial charge in [0.2, 0.25) is 5.95 Å².